The Kier molecular flexibility index (Phi) is 4.75. The second-order valence-electron chi connectivity index (χ2n) is 5.40. The number of hydrogen-bond acceptors (Lipinski definition) is 4. The lowest BCUT2D eigenvalue weighted by atomic mass is 10.1. The van der Waals surface area contributed by atoms with Crippen LogP contribution in [-0.2, 0) is 6.54 Å². The highest BCUT2D eigenvalue weighted by Gasteiger charge is 2.24. The predicted octanol–water partition coefficient (Wildman–Crippen LogP) is 2.71. The summed E-state index contributed by atoms with van der Waals surface area (Å²) in [5.41, 5.74) is 2.01. The second-order valence-corrected chi connectivity index (χ2v) is 6.18. The van der Waals surface area contributed by atoms with Gasteiger partial charge in [0.25, 0.3) is 5.91 Å². The van der Waals surface area contributed by atoms with Gasteiger partial charge in [-0.2, -0.15) is 11.3 Å². The van der Waals surface area contributed by atoms with Crippen LogP contribution in [-0.4, -0.2) is 49.0 Å². The molecule has 1 aliphatic heterocycles. The topological polar surface area (TPSA) is 32.8 Å². The maximum atomic E-state index is 12.6. The number of amides is 1. The van der Waals surface area contributed by atoms with Gasteiger partial charge in [0.1, 0.15) is 5.75 Å². The normalized spacial score (nSPS) is 15.8. The smallest absolute Gasteiger partial charge is 0.257 e. The molecule has 1 aromatic heterocycles. The van der Waals surface area contributed by atoms with E-state index in [-0.39, 0.29) is 5.91 Å². The zero-order valence-electron chi connectivity index (χ0n) is 12.7. The van der Waals surface area contributed by atoms with Crippen molar-refractivity contribution in [3.05, 3.63) is 52.2 Å². The van der Waals surface area contributed by atoms with E-state index in [1.54, 1.807) is 18.4 Å². The molecule has 0 unspecified atom stereocenters. The predicted molar refractivity (Wildman–Crippen MR) is 88.5 cm³/mol. The van der Waals surface area contributed by atoms with Crippen molar-refractivity contribution in [1.29, 1.82) is 0 Å². The fourth-order valence-corrected chi connectivity index (χ4v) is 3.40. The Hall–Kier alpha value is -1.85. The molecule has 1 amide bonds. The summed E-state index contributed by atoms with van der Waals surface area (Å²) in [5.74, 6) is 0.709. The highest BCUT2D eigenvalue weighted by atomic mass is 32.1. The third-order valence-electron chi connectivity index (χ3n) is 3.98. The number of hydrogen-bond donors (Lipinski definition) is 0. The van der Waals surface area contributed by atoms with Gasteiger partial charge in [0.2, 0.25) is 0 Å². The Morgan fingerprint density at radius 2 is 1.95 bits per heavy atom. The van der Waals surface area contributed by atoms with E-state index in [9.17, 15) is 4.79 Å². The highest BCUT2D eigenvalue weighted by Crippen LogP contribution is 2.20. The summed E-state index contributed by atoms with van der Waals surface area (Å²) in [6, 6.07) is 9.59. The summed E-state index contributed by atoms with van der Waals surface area (Å²) in [6.07, 6.45) is 0. The average molecular weight is 316 g/mol. The molecule has 1 saturated heterocycles. The molecular weight excluding hydrogens is 296 g/mol. The van der Waals surface area contributed by atoms with Crippen LogP contribution in [0.3, 0.4) is 0 Å². The number of piperazine rings is 1. The number of carbonyl (C=O) groups is 1. The van der Waals surface area contributed by atoms with Gasteiger partial charge in [-0.1, -0.05) is 12.1 Å². The number of methoxy groups -OCH3 is 1. The van der Waals surface area contributed by atoms with Crippen LogP contribution in [0.25, 0.3) is 0 Å². The Morgan fingerprint density at radius 1 is 1.18 bits per heavy atom. The molecule has 2 aromatic rings. The molecule has 0 bridgehead atoms. The molecule has 22 heavy (non-hydrogen) atoms. The molecule has 0 N–H and O–H groups in total. The molecule has 0 spiro atoms. The summed E-state index contributed by atoms with van der Waals surface area (Å²) in [6.45, 7) is 4.33. The average Bonchev–Trinajstić information content (AvgIpc) is 3.08. The van der Waals surface area contributed by atoms with Crippen LogP contribution in [0.1, 0.15) is 15.9 Å². The molecule has 1 aromatic carbocycles. The summed E-state index contributed by atoms with van der Waals surface area (Å²) >= 11 is 1.73. The van der Waals surface area contributed by atoms with Crippen molar-refractivity contribution in [2.24, 2.45) is 0 Å². The largest absolute Gasteiger partial charge is 0.496 e. The van der Waals surface area contributed by atoms with Crippen molar-refractivity contribution in [3.63, 3.8) is 0 Å². The Bertz CT molecular complexity index is 619. The van der Waals surface area contributed by atoms with Gasteiger partial charge in [0, 0.05) is 32.7 Å². The summed E-state index contributed by atoms with van der Waals surface area (Å²) in [5, 5.41) is 4.29. The van der Waals surface area contributed by atoms with Crippen LogP contribution in [0, 0.1) is 0 Å². The van der Waals surface area contributed by atoms with E-state index in [1.807, 2.05) is 29.2 Å². The molecule has 3 rings (SSSR count). The maximum Gasteiger partial charge on any atom is 0.257 e. The quantitative estimate of drug-likeness (QED) is 0.869. The molecule has 0 radical (unpaired) electrons. The monoisotopic (exact) mass is 316 g/mol. The van der Waals surface area contributed by atoms with Gasteiger partial charge >= 0.3 is 0 Å². The van der Waals surface area contributed by atoms with Crippen molar-refractivity contribution < 1.29 is 9.53 Å². The van der Waals surface area contributed by atoms with Crippen LogP contribution < -0.4 is 4.74 Å². The molecule has 4 nitrogen and oxygen atoms in total. The number of benzene rings is 1. The number of carbonyl (C=O) groups excluding carboxylic acids is 1. The number of ether oxygens (including phenoxy) is 1. The second kappa shape index (κ2) is 6.94. The Balaban J connectivity index is 1.60. The first kappa shape index (κ1) is 15.1. The van der Waals surface area contributed by atoms with Crippen LogP contribution >= 0.6 is 11.3 Å². The first-order valence-corrected chi connectivity index (χ1v) is 8.38. The minimum absolute atomic E-state index is 0.0626. The van der Waals surface area contributed by atoms with E-state index >= 15 is 0 Å². The highest BCUT2D eigenvalue weighted by molar-refractivity contribution is 7.07. The summed E-state index contributed by atoms with van der Waals surface area (Å²) < 4.78 is 5.29. The Labute approximate surface area is 134 Å². The van der Waals surface area contributed by atoms with E-state index < -0.39 is 0 Å². The zero-order chi connectivity index (χ0) is 15.4. The fourth-order valence-electron chi connectivity index (χ4n) is 2.74. The maximum absolute atomic E-state index is 12.6. The third-order valence-corrected chi connectivity index (χ3v) is 4.72. The molecule has 1 aliphatic rings. The molecular formula is C17H20N2O2S. The van der Waals surface area contributed by atoms with E-state index in [1.165, 1.54) is 5.56 Å². The molecule has 2 heterocycles. The van der Waals surface area contributed by atoms with Gasteiger partial charge in [0.05, 0.1) is 12.7 Å². The third kappa shape index (κ3) is 3.31. The van der Waals surface area contributed by atoms with Crippen LogP contribution in [0.15, 0.2) is 41.1 Å². The molecule has 5 heteroatoms. The van der Waals surface area contributed by atoms with Gasteiger partial charge in [-0.25, -0.2) is 0 Å². The molecule has 0 saturated carbocycles. The lowest BCUT2D eigenvalue weighted by Gasteiger charge is -2.34. The van der Waals surface area contributed by atoms with E-state index in [4.69, 9.17) is 4.74 Å². The zero-order valence-corrected chi connectivity index (χ0v) is 13.5. The minimum Gasteiger partial charge on any atom is -0.496 e. The number of nitrogens with zero attached hydrogens (tertiary/aromatic N) is 2. The van der Waals surface area contributed by atoms with E-state index in [2.05, 4.69) is 21.7 Å². The van der Waals surface area contributed by atoms with Gasteiger partial charge in [-0.05, 0) is 34.5 Å². The standard InChI is InChI=1S/C17H20N2O2S/c1-21-16-5-3-2-4-15(16)17(20)19-9-7-18(8-10-19)12-14-6-11-22-13-14/h2-6,11,13H,7-10,12H2,1H3. The van der Waals surface area contributed by atoms with Crippen molar-refractivity contribution in [3.8, 4) is 5.75 Å². The van der Waals surface area contributed by atoms with Crippen LogP contribution in [0.4, 0.5) is 0 Å². The SMILES string of the molecule is COc1ccccc1C(=O)N1CCN(Cc2ccsc2)CC1. The number of para-hydroxylation sites is 1. The molecule has 1 fully saturated rings. The van der Waals surface area contributed by atoms with Crippen LogP contribution in [0.5, 0.6) is 5.75 Å². The van der Waals surface area contributed by atoms with Crippen molar-refractivity contribution in [1.82, 2.24) is 9.80 Å². The fraction of sp³-hybridized carbons (Fsp3) is 0.353. The molecule has 0 atom stereocenters. The van der Waals surface area contributed by atoms with Gasteiger partial charge in [-0.3, -0.25) is 9.69 Å². The number of rotatable bonds is 4. The summed E-state index contributed by atoms with van der Waals surface area (Å²) in [7, 11) is 1.60. The van der Waals surface area contributed by atoms with Crippen molar-refractivity contribution in [2.75, 3.05) is 33.3 Å². The minimum atomic E-state index is 0.0626. The van der Waals surface area contributed by atoms with Gasteiger partial charge in [-0.15, -0.1) is 0 Å². The lowest BCUT2D eigenvalue weighted by Crippen LogP contribution is -2.48. The number of thiophene rings is 1. The summed E-state index contributed by atoms with van der Waals surface area (Å²) in [4.78, 5) is 16.9. The van der Waals surface area contributed by atoms with Gasteiger partial charge < -0.3 is 9.64 Å². The lowest BCUT2D eigenvalue weighted by molar-refractivity contribution is 0.0625. The first-order chi connectivity index (χ1) is 10.8. The molecule has 0 aliphatic carbocycles. The van der Waals surface area contributed by atoms with Crippen molar-refractivity contribution >= 4 is 17.2 Å². The van der Waals surface area contributed by atoms with Crippen LogP contribution in [0.2, 0.25) is 0 Å². The van der Waals surface area contributed by atoms with Gasteiger partial charge in [0.15, 0.2) is 0 Å². The van der Waals surface area contributed by atoms with Crippen molar-refractivity contribution in [2.45, 2.75) is 6.54 Å². The Morgan fingerprint density at radius 3 is 2.64 bits per heavy atom. The molecule has 116 valence electrons. The van der Waals surface area contributed by atoms with E-state index in [0.29, 0.717) is 11.3 Å². The first-order valence-electron chi connectivity index (χ1n) is 7.43. The van der Waals surface area contributed by atoms with E-state index in [0.717, 1.165) is 32.7 Å².